The first-order valence-electron chi connectivity index (χ1n) is 6.06. The van der Waals surface area contributed by atoms with Crippen molar-refractivity contribution in [3.05, 3.63) is 0 Å². The third kappa shape index (κ3) is 3.12. The van der Waals surface area contributed by atoms with E-state index in [9.17, 15) is 9.59 Å². The smallest absolute Gasteiger partial charge is 0.233 e. The highest BCUT2D eigenvalue weighted by atomic mass is 16.4. The summed E-state index contributed by atoms with van der Waals surface area (Å²) in [5, 5.41) is 11.5. The van der Waals surface area contributed by atoms with Crippen molar-refractivity contribution < 1.29 is 14.8 Å². The number of likely N-dealkylation sites (tertiary alicyclic amines) is 1. The Kier molecular flexibility index (Phi) is 4.94. The molecule has 0 aliphatic carbocycles. The first-order valence-corrected chi connectivity index (χ1v) is 6.06. The van der Waals surface area contributed by atoms with Crippen LogP contribution in [0.4, 0.5) is 0 Å². The highest BCUT2D eigenvalue weighted by Crippen LogP contribution is 2.19. The molecular formula is C11H20N4O3. The van der Waals surface area contributed by atoms with Crippen LogP contribution in [0.3, 0.4) is 0 Å². The number of primary amides is 1. The Bertz CT molecular complexity index is 356. The van der Waals surface area contributed by atoms with E-state index in [1.165, 1.54) is 0 Å². The maximum Gasteiger partial charge on any atom is 0.233 e. The van der Waals surface area contributed by atoms with Crippen LogP contribution in [-0.2, 0) is 9.59 Å². The second-order valence-corrected chi connectivity index (χ2v) is 4.51. The van der Waals surface area contributed by atoms with Crippen molar-refractivity contribution in [2.24, 2.45) is 28.5 Å². The van der Waals surface area contributed by atoms with Gasteiger partial charge in [-0.25, -0.2) is 0 Å². The normalized spacial score (nSPS) is 22.6. The number of hydrogen-bond donors (Lipinski definition) is 3. The van der Waals surface area contributed by atoms with E-state index in [-0.39, 0.29) is 23.6 Å². The average Bonchev–Trinajstić information content (AvgIpc) is 2.39. The summed E-state index contributed by atoms with van der Waals surface area (Å²) in [7, 11) is 0. The van der Waals surface area contributed by atoms with Crippen LogP contribution in [0.25, 0.3) is 0 Å². The molecule has 7 nitrogen and oxygen atoms in total. The van der Waals surface area contributed by atoms with Crippen molar-refractivity contribution in [3.63, 3.8) is 0 Å². The summed E-state index contributed by atoms with van der Waals surface area (Å²) < 4.78 is 0. The van der Waals surface area contributed by atoms with Crippen molar-refractivity contribution in [3.8, 4) is 0 Å². The molecule has 2 atom stereocenters. The lowest BCUT2D eigenvalue weighted by atomic mass is 9.95. The molecule has 1 aliphatic rings. The monoisotopic (exact) mass is 256 g/mol. The van der Waals surface area contributed by atoms with E-state index in [0.717, 1.165) is 6.42 Å². The van der Waals surface area contributed by atoms with Crippen molar-refractivity contribution >= 4 is 17.6 Å². The van der Waals surface area contributed by atoms with Crippen molar-refractivity contribution in [1.82, 2.24) is 4.90 Å². The Morgan fingerprint density at radius 2 is 2.17 bits per heavy atom. The highest BCUT2D eigenvalue weighted by Gasteiger charge is 2.31. The second kappa shape index (κ2) is 6.23. The maximum absolute atomic E-state index is 12.2. The van der Waals surface area contributed by atoms with Gasteiger partial charge in [0.25, 0.3) is 0 Å². The Morgan fingerprint density at radius 3 is 2.67 bits per heavy atom. The van der Waals surface area contributed by atoms with Gasteiger partial charge in [-0.05, 0) is 19.3 Å². The van der Waals surface area contributed by atoms with Crippen LogP contribution in [0.5, 0.6) is 0 Å². The lowest BCUT2D eigenvalue weighted by Crippen LogP contribution is -2.48. The van der Waals surface area contributed by atoms with Crippen LogP contribution in [0.15, 0.2) is 5.16 Å². The Morgan fingerprint density at radius 1 is 1.50 bits per heavy atom. The molecule has 1 rings (SSSR count). The van der Waals surface area contributed by atoms with Crippen LogP contribution < -0.4 is 11.5 Å². The number of oxime groups is 1. The molecule has 1 fully saturated rings. The largest absolute Gasteiger partial charge is 0.409 e. The fourth-order valence-corrected chi connectivity index (χ4v) is 2.21. The van der Waals surface area contributed by atoms with E-state index in [4.69, 9.17) is 16.7 Å². The zero-order chi connectivity index (χ0) is 13.7. The van der Waals surface area contributed by atoms with E-state index in [1.54, 1.807) is 11.8 Å². The molecule has 0 bridgehead atoms. The summed E-state index contributed by atoms with van der Waals surface area (Å²) in [5.74, 6) is -1.62. The van der Waals surface area contributed by atoms with Crippen LogP contribution in [0, 0.1) is 11.8 Å². The number of nitrogens with two attached hydrogens (primary N) is 2. The van der Waals surface area contributed by atoms with Gasteiger partial charge in [-0.1, -0.05) is 12.1 Å². The molecule has 2 amide bonds. The molecule has 18 heavy (non-hydrogen) atoms. The SMILES string of the molecule is CCC(C(=O)N1CCCC(C(N)=O)C1)C(N)=NO. The Hall–Kier alpha value is -1.79. The average molecular weight is 256 g/mol. The number of carbonyl (C=O) groups excluding carboxylic acids is 2. The molecule has 0 aromatic carbocycles. The number of carbonyl (C=O) groups is 2. The van der Waals surface area contributed by atoms with Gasteiger partial charge < -0.3 is 21.6 Å². The molecular weight excluding hydrogens is 236 g/mol. The minimum Gasteiger partial charge on any atom is -0.409 e. The molecule has 7 heteroatoms. The minimum absolute atomic E-state index is 0.0938. The lowest BCUT2D eigenvalue weighted by Gasteiger charge is -2.33. The predicted octanol–water partition coefficient (Wildman–Crippen LogP) is -0.517. The van der Waals surface area contributed by atoms with Gasteiger partial charge in [-0.3, -0.25) is 9.59 Å². The first kappa shape index (κ1) is 14.3. The van der Waals surface area contributed by atoms with Crippen LogP contribution in [-0.4, -0.2) is 40.8 Å². The van der Waals surface area contributed by atoms with Crippen molar-refractivity contribution in [1.29, 1.82) is 0 Å². The number of rotatable bonds is 4. The summed E-state index contributed by atoms with van der Waals surface area (Å²) in [4.78, 5) is 24.9. The topological polar surface area (TPSA) is 122 Å². The molecule has 2 unspecified atom stereocenters. The zero-order valence-electron chi connectivity index (χ0n) is 10.5. The minimum atomic E-state index is -0.637. The lowest BCUT2D eigenvalue weighted by molar-refractivity contribution is -0.137. The van der Waals surface area contributed by atoms with Gasteiger partial charge in [-0.15, -0.1) is 0 Å². The molecule has 0 aromatic rings. The number of hydrogen-bond acceptors (Lipinski definition) is 4. The standard InChI is InChI=1S/C11H20N4O3/c1-2-8(9(12)14-18)11(17)15-5-3-4-7(6-15)10(13)16/h7-8,18H,2-6H2,1H3,(H2,12,14)(H2,13,16). The third-order valence-electron chi connectivity index (χ3n) is 3.31. The zero-order valence-corrected chi connectivity index (χ0v) is 10.5. The second-order valence-electron chi connectivity index (χ2n) is 4.51. The van der Waals surface area contributed by atoms with Gasteiger partial charge in [0, 0.05) is 13.1 Å². The molecule has 1 saturated heterocycles. The molecule has 0 aromatic heterocycles. The van der Waals surface area contributed by atoms with Gasteiger partial charge in [0.1, 0.15) is 0 Å². The summed E-state index contributed by atoms with van der Waals surface area (Å²) in [5.41, 5.74) is 10.7. The molecule has 0 spiro atoms. The van der Waals surface area contributed by atoms with Crippen molar-refractivity contribution in [2.75, 3.05) is 13.1 Å². The first-order chi connectivity index (χ1) is 8.51. The summed E-state index contributed by atoms with van der Waals surface area (Å²) in [6.07, 6.45) is 1.90. The fraction of sp³-hybridized carbons (Fsp3) is 0.727. The number of nitrogens with zero attached hydrogens (tertiary/aromatic N) is 2. The Balaban J connectivity index is 2.73. The van der Waals surface area contributed by atoms with Crippen molar-refractivity contribution in [2.45, 2.75) is 26.2 Å². The summed E-state index contributed by atoms with van der Waals surface area (Å²) >= 11 is 0. The maximum atomic E-state index is 12.2. The number of amides is 2. The molecule has 0 radical (unpaired) electrons. The van der Waals surface area contributed by atoms with Gasteiger partial charge >= 0.3 is 0 Å². The van der Waals surface area contributed by atoms with E-state index < -0.39 is 5.92 Å². The van der Waals surface area contributed by atoms with Gasteiger partial charge in [-0.2, -0.15) is 0 Å². The van der Waals surface area contributed by atoms with Gasteiger partial charge in [0.05, 0.1) is 11.8 Å². The van der Waals surface area contributed by atoms with E-state index in [1.807, 2.05) is 0 Å². The van der Waals surface area contributed by atoms with E-state index in [2.05, 4.69) is 5.16 Å². The van der Waals surface area contributed by atoms with Crippen LogP contribution >= 0.6 is 0 Å². The summed E-state index contributed by atoms with van der Waals surface area (Å²) in [6.45, 7) is 2.69. The van der Waals surface area contributed by atoms with Gasteiger partial charge in [0.15, 0.2) is 5.84 Å². The molecule has 0 saturated carbocycles. The molecule has 1 aliphatic heterocycles. The fourth-order valence-electron chi connectivity index (χ4n) is 2.21. The van der Waals surface area contributed by atoms with E-state index in [0.29, 0.717) is 25.9 Å². The summed E-state index contributed by atoms with van der Waals surface area (Å²) in [6, 6.07) is 0. The van der Waals surface area contributed by atoms with Gasteiger partial charge in [0.2, 0.25) is 11.8 Å². The molecule has 1 heterocycles. The number of amidine groups is 1. The number of piperidine rings is 1. The molecule has 102 valence electrons. The highest BCUT2D eigenvalue weighted by molar-refractivity contribution is 6.02. The third-order valence-corrected chi connectivity index (χ3v) is 3.31. The van der Waals surface area contributed by atoms with E-state index >= 15 is 0 Å². The Labute approximate surface area is 106 Å². The predicted molar refractivity (Wildman–Crippen MR) is 65.7 cm³/mol. The van der Waals surface area contributed by atoms with Crippen LogP contribution in [0.2, 0.25) is 0 Å². The molecule has 5 N–H and O–H groups in total. The van der Waals surface area contributed by atoms with Crippen LogP contribution in [0.1, 0.15) is 26.2 Å². The quantitative estimate of drug-likeness (QED) is 0.271.